The lowest BCUT2D eigenvalue weighted by atomic mass is 10.1. The van der Waals surface area contributed by atoms with Crippen LogP contribution in [-0.4, -0.2) is 18.2 Å². The zero-order valence-corrected chi connectivity index (χ0v) is 15.1. The van der Waals surface area contributed by atoms with E-state index in [1.165, 1.54) is 11.6 Å². The minimum Gasteiger partial charge on any atom is -0.279 e. The number of hydrogen-bond donors (Lipinski definition) is 1. The second-order valence-corrected chi connectivity index (χ2v) is 7.70. The smallest absolute Gasteiger partial charge is 0.279 e. The number of sulfonamides is 1. The van der Waals surface area contributed by atoms with E-state index in [2.05, 4.69) is 5.10 Å². The van der Waals surface area contributed by atoms with Gasteiger partial charge in [0.05, 0.1) is 22.5 Å². The quantitative estimate of drug-likeness (QED) is 0.742. The fraction of sp³-hybridized carbons (Fsp3) is 0.400. The van der Waals surface area contributed by atoms with Crippen molar-refractivity contribution in [1.82, 2.24) is 9.78 Å². The Kier molecular flexibility index (Phi) is 5.25. The van der Waals surface area contributed by atoms with E-state index in [1.54, 1.807) is 18.6 Å². The standard InChI is InChI=1S/C15H15F6N3O2S/c1-8(2)24-7-13(9(3)22-24)27(25,26)23-12-5-10(14(16,17)18)4-11(6-12)15(19,20)21/h4-8,23H,1-3H3. The molecule has 0 saturated heterocycles. The Bertz CT molecular complexity index is 913. The SMILES string of the molecule is Cc1nn(C(C)C)cc1S(=O)(=O)Nc1cc(C(F)(F)F)cc(C(F)(F)F)c1. The van der Waals surface area contributed by atoms with Gasteiger partial charge in [-0.25, -0.2) is 8.42 Å². The molecule has 5 nitrogen and oxygen atoms in total. The molecule has 0 saturated carbocycles. The molecule has 1 N–H and O–H groups in total. The number of nitrogens with one attached hydrogen (secondary N) is 1. The van der Waals surface area contributed by atoms with Gasteiger partial charge in [-0.05, 0) is 39.0 Å². The molecule has 1 aromatic carbocycles. The molecule has 0 aliphatic carbocycles. The number of nitrogens with zero attached hydrogens (tertiary/aromatic N) is 2. The van der Waals surface area contributed by atoms with Gasteiger partial charge >= 0.3 is 12.4 Å². The summed E-state index contributed by atoms with van der Waals surface area (Å²) in [6.45, 7) is 4.80. The van der Waals surface area contributed by atoms with Crippen LogP contribution >= 0.6 is 0 Å². The summed E-state index contributed by atoms with van der Waals surface area (Å²) in [4.78, 5) is -0.345. The largest absolute Gasteiger partial charge is 0.416 e. The molecule has 0 bridgehead atoms. The van der Waals surface area contributed by atoms with Crippen molar-refractivity contribution >= 4 is 15.7 Å². The fourth-order valence-corrected chi connectivity index (χ4v) is 3.43. The summed E-state index contributed by atoms with van der Waals surface area (Å²) in [7, 11) is -4.45. The maximum atomic E-state index is 12.9. The molecule has 2 aromatic rings. The maximum Gasteiger partial charge on any atom is 0.416 e. The van der Waals surface area contributed by atoms with Crippen molar-refractivity contribution in [1.29, 1.82) is 0 Å². The first-order valence-electron chi connectivity index (χ1n) is 7.49. The van der Waals surface area contributed by atoms with E-state index < -0.39 is 39.2 Å². The van der Waals surface area contributed by atoms with Crippen LogP contribution in [0.25, 0.3) is 0 Å². The normalized spacial score (nSPS) is 13.3. The summed E-state index contributed by atoms with van der Waals surface area (Å²) in [5.41, 5.74) is -4.04. The third kappa shape index (κ3) is 4.73. The van der Waals surface area contributed by atoms with Crippen molar-refractivity contribution in [3.05, 3.63) is 41.2 Å². The topological polar surface area (TPSA) is 64.0 Å². The van der Waals surface area contributed by atoms with E-state index in [1.807, 2.05) is 0 Å². The Labute approximate surface area is 151 Å². The van der Waals surface area contributed by atoms with Gasteiger partial charge in [-0.1, -0.05) is 0 Å². The van der Waals surface area contributed by atoms with E-state index in [-0.39, 0.29) is 22.7 Å². The molecular weight excluding hydrogens is 400 g/mol. The van der Waals surface area contributed by atoms with Crippen LogP contribution in [0, 0.1) is 6.92 Å². The summed E-state index contributed by atoms with van der Waals surface area (Å²) in [6.07, 6.45) is -9.01. The van der Waals surface area contributed by atoms with Crippen LogP contribution in [0.1, 0.15) is 36.7 Å². The number of hydrogen-bond acceptors (Lipinski definition) is 3. The van der Waals surface area contributed by atoms with E-state index in [0.717, 1.165) is 6.20 Å². The van der Waals surface area contributed by atoms with Gasteiger partial charge in [-0.15, -0.1) is 0 Å². The first-order valence-corrected chi connectivity index (χ1v) is 8.97. The summed E-state index contributed by atoms with van der Waals surface area (Å²) in [5, 5.41) is 3.97. The highest BCUT2D eigenvalue weighted by molar-refractivity contribution is 7.92. The summed E-state index contributed by atoms with van der Waals surface area (Å²) < 4.78 is 105. The maximum absolute atomic E-state index is 12.9. The van der Waals surface area contributed by atoms with Gasteiger partial charge < -0.3 is 0 Å². The van der Waals surface area contributed by atoms with Crippen molar-refractivity contribution in [2.24, 2.45) is 0 Å². The van der Waals surface area contributed by atoms with Crippen LogP contribution in [0.5, 0.6) is 0 Å². The molecule has 1 heterocycles. The lowest BCUT2D eigenvalue weighted by Crippen LogP contribution is -2.16. The fourth-order valence-electron chi connectivity index (χ4n) is 2.22. The zero-order valence-electron chi connectivity index (χ0n) is 14.3. The minimum atomic E-state index is -5.08. The summed E-state index contributed by atoms with van der Waals surface area (Å²) in [6, 6.07) is 0.321. The highest BCUT2D eigenvalue weighted by atomic mass is 32.2. The number of rotatable bonds is 4. The molecule has 0 radical (unpaired) electrons. The van der Waals surface area contributed by atoms with Crippen LogP contribution < -0.4 is 4.72 Å². The molecule has 12 heteroatoms. The number of alkyl halides is 6. The zero-order chi connectivity index (χ0) is 20.8. The van der Waals surface area contributed by atoms with Crippen LogP contribution in [0.15, 0.2) is 29.3 Å². The number of halogens is 6. The third-order valence-corrected chi connectivity index (χ3v) is 5.01. The van der Waals surface area contributed by atoms with Gasteiger partial charge in [0.25, 0.3) is 10.0 Å². The molecular formula is C15H15F6N3O2S. The predicted octanol–water partition coefficient (Wildman–Crippen LogP) is 4.61. The number of anilines is 1. The number of aryl methyl sites for hydroxylation is 1. The monoisotopic (exact) mass is 415 g/mol. The van der Waals surface area contributed by atoms with Crippen molar-refractivity contribution < 1.29 is 34.8 Å². The van der Waals surface area contributed by atoms with Gasteiger partial charge in [0.1, 0.15) is 4.90 Å². The first-order chi connectivity index (χ1) is 12.1. The molecule has 27 heavy (non-hydrogen) atoms. The number of benzene rings is 1. The van der Waals surface area contributed by atoms with Crippen molar-refractivity contribution in [2.45, 2.75) is 44.1 Å². The van der Waals surface area contributed by atoms with E-state index in [4.69, 9.17) is 0 Å². The molecule has 0 aliphatic heterocycles. The van der Waals surface area contributed by atoms with Crippen LogP contribution in [0.2, 0.25) is 0 Å². The molecule has 2 rings (SSSR count). The van der Waals surface area contributed by atoms with Crippen molar-refractivity contribution in [2.75, 3.05) is 4.72 Å². The van der Waals surface area contributed by atoms with Gasteiger partial charge in [-0.2, -0.15) is 31.4 Å². The lowest BCUT2D eigenvalue weighted by Gasteiger charge is -2.15. The molecule has 0 fully saturated rings. The molecule has 0 atom stereocenters. The van der Waals surface area contributed by atoms with Gasteiger partial charge in [0.2, 0.25) is 0 Å². The summed E-state index contributed by atoms with van der Waals surface area (Å²) in [5.74, 6) is 0. The van der Waals surface area contributed by atoms with Crippen molar-refractivity contribution in [3.8, 4) is 0 Å². The Morgan fingerprint density at radius 2 is 1.48 bits per heavy atom. The van der Waals surface area contributed by atoms with Gasteiger partial charge in [0, 0.05) is 12.2 Å². The molecule has 0 aliphatic rings. The molecule has 0 unspecified atom stereocenters. The molecule has 0 amide bonds. The van der Waals surface area contributed by atoms with E-state index in [0.29, 0.717) is 12.1 Å². The van der Waals surface area contributed by atoms with Crippen molar-refractivity contribution in [3.63, 3.8) is 0 Å². The minimum absolute atomic E-state index is 0.0548. The van der Waals surface area contributed by atoms with Gasteiger partial charge in [0.15, 0.2) is 0 Å². The average molecular weight is 415 g/mol. The highest BCUT2D eigenvalue weighted by Gasteiger charge is 2.37. The second-order valence-electron chi connectivity index (χ2n) is 6.05. The summed E-state index contributed by atoms with van der Waals surface area (Å²) >= 11 is 0. The molecule has 1 aromatic heterocycles. The number of aromatic nitrogens is 2. The Hall–Kier alpha value is -2.24. The molecule has 0 spiro atoms. The highest BCUT2D eigenvalue weighted by Crippen LogP contribution is 2.38. The predicted molar refractivity (Wildman–Crippen MR) is 84.6 cm³/mol. The van der Waals surface area contributed by atoms with E-state index >= 15 is 0 Å². The van der Waals surface area contributed by atoms with Crippen LogP contribution in [0.4, 0.5) is 32.0 Å². The van der Waals surface area contributed by atoms with Crippen LogP contribution in [0.3, 0.4) is 0 Å². The first kappa shape index (κ1) is 21.1. The Balaban J connectivity index is 2.52. The third-order valence-electron chi connectivity index (χ3n) is 3.53. The van der Waals surface area contributed by atoms with Crippen LogP contribution in [-0.2, 0) is 22.4 Å². The Morgan fingerprint density at radius 1 is 1.00 bits per heavy atom. The Morgan fingerprint density at radius 3 is 1.85 bits per heavy atom. The average Bonchev–Trinajstić information content (AvgIpc) is 2.88. The lowest BCUT2D eigenvalue weighted by molar-refractivity contribution is -0.143. The second kappa shape index (κ2) is 6.73. The van der Waals surface area contributed by atoms with E-state index in [9.17, 15) is 34.8 Å². The van der Waals surface area contributed by atoms with Gasteiger partial charge in [-0.3, -0.25) is 9.40 Å². The molecule has 150 valence electrons.